The first-order valence-corrected chi connectivity index (χ1v) is 7.67. The molecule has 1 fully saturated rings. The molecule has 0 bridgehead atoms. The summed E-state index contributed by atoms with van der Waals surface area (Å²) in [5, 5.41) is 14.5. The molecule has 0 atom stereocenters. The average molecular weight is 298 g/mol. The van der Waals surface area contributed by atoms with Gasteiger partial charge in [0.2, 0.25) is 11.8 Å². The number of hydrogen-bond acceptors (Lipinski definition) is 3. The summed E-state index contributed by atoms with van der Waals surface area (Å²) in [7, 11) is 0. The second-order valence-electron chi connectivity index (χ2n) is 6.15. The Balaban J connectivity index is 2.14. The molecule has 6 heteroatoms. The molecule has 0 saturated heterocycles. The Morgan fingerprint density at radius 2 is 1.71 bits per heavy atom. The van der Waals surface area contributed by atoms with Crippen molar-refractivity contribution in [2.24, 2.45) is 11.8 Å². The lowest BCUT2D eigenvalue weighted by molar-refractivity contribution is -0.142. The van der Waals surface area contributed by atoms with Crippen molar-refractivity contribution in [1.82, 2.24) is 10.6 Å². The van der Waals surface area contributed by atoms with E-state index in [4.69, 9.17) is 5.11 Å². The monoisotopic (exact) mass is 298 g/mol. The van der Waals surface area contributed by atoms with Gasteiger partial charge in [-0.25, -0.2) is 0 Å². The van der Waals surface area contributed by atoms with Crippen molar-refractivity contribution in [2.75, 3.05) is 6.54 Å². The molecule has 1 aliphatic rings. The average Bonchev–Trinajstić information content (AvgIpc) is 2.38. The molecule has 6 nitrogen and oxygen atoms in total. The Labute approximate surface area is 125 Å². The molecule has 0 unspecified atom stereocenters. The summed E-state index contributed by atoms with van der Waals surface area (Å²) in [6, 6.07) is 0.0689. The third kappa shape index (κ3) is 7.11. The van der Waals surface area contributed by atoms with Gasteiger partial charge in [0.25, 0.3) is 0 Å². The minimum atomic E-state index is -0.743. The Hall–Kier alpha value is -1.59. The summed E-state index contributed by atoms with van der Waals surface area (Å²) in [6.45, 7) is 4.29. The van der Waals surface area contributed by atoms with Crippen LogP contribution >= 0.6 is 0 Å². The molecule has 120 valence electrons. The lowest BCUT2D eigenvalue weighted by Crippen LogP contribution is -2.40. The molecule has 2 amide bonds. The van der Waals surface area contributed by atoms with Crippen molar-refractivity contribution >= 4 is 17.8 Å². The molecule has 1 aliphatic carbocycles. The molecule has 3 N–H and O–H groups in total. The first-order valence-electron chi connectivity index (χ1n) is 7.67. The fraction of sp³-hybridized carbons (Fsp3) is 0.800. The molecule has 0 aliphatic heterocycles. The maximum atomic E-state index is 11.8. The van der Waals surface area contributed by atoms with Crippen LogP contribution in [0.4, 0.5) is 0 Å². The second-order valence-corrected chi connectivity index (χ2v) is 6.15. The van der Waals surface area contributed by atoms with Crippen molar-refractivity contribution in [3.63, 3.8) is 0 Å². The van der Waals surface area contributed by atoms with Gasteiger partial charge in [0, 0.05) is 25.4 Å². The van der Waals surface area contributed by atoms with Gasteiger partial charge in [0.05, 0.1) is 5.92 Å². The first-order chi connectivity index (χ1) is 9.88. The Morgan fingerprint density at radius 1 is 1.10 bits per heavy atom. The van der Waals surface area contributed by atoms with Crippen molar-refractivity contribution in [3.8, 4) is 0 Å². The number of aliphatic carboxylic acids is 1. The van der Waals surface area contributed by atoms with Crippen LogP contribution in [0.5, 0.6) is 0 Å². The van der Waals surface area contributed by atoms with Crippen LogP contribution in [0.1, 0.15) is 52.4 Å². The van der Waals surface area contributed by atoms with Crippen LogP contribution in [0, 0.1) is 11.8 Å². The predicted octanol–water partition coefficient (Wildman–Crippen LogP) is 1.30. The van der Waals surface area contributed by atoms with E-state index in [1.165, 1.54) is 0 Å². The maximum Gasteiger partial charge on any atom is 0.306 e. The van der Waals surface area contributed by atoms with Gasteiger partial charge in [-0.05, 0) is 31.6 Å². The standard InChI is InChI=1S/C15H26N2O4/c1-10(2)9-14(19)16-8-7-13(18)17-12-5-3-11(4-6-12)15(20)21/h10-12H,3-9H2,1-2H3,(H,16,19)(H,17,18)(H,20,21). The molecule has 1 rings (SSSR count). The summed E-state index contributed by atoms with van der Waals surface area (Å²) in [6.07, 6.45) is 3.39. The molecular formula is C15H26N2O4. The van der Waals surface area contributed by atoms with E-state index in [1.807, 2.05) is 13.8 Å². The van der Waals surface area contributed by atoms with Crippen molar-refractivity contribution in [3.05, 3.63) is 0 Å². The zero-order chi connectivity index (χ0) is 15.8. The van der Waals surface area contributed by atoms with Crippen molar-refractivity contribution in [1.29, 1.82) is 0 Å². The third-order valence-electron chi connectivity index (χ3n) is 3.71. The highest BCUT2D eigenvalue weighted by atomic mass is 16.4. The zero-order valence-corrected chi connectivity index (χ0v) is 12.9. The van der Waals surface area contributed by atoms with Crippen LogP contribution < -0.4 is 10.6 Å². The van der Waals surface area contributed by atoms with Gasteiger partial charge in [-0.3, -0.25) is 14.4 Å². The van der Waals surface area contributed by atoms with Gasteiger partial charge >= 0.3 is 5.97 Å². The van der Waals surface area contributed by atoms with Crippen LogP contribution in [0.3, 0.4) is 0 Å². The zero-order valence-electron chi connectivity index (χ0n) is 12.9. The Morgan fingerprint density at radius 3 is 2.24 bits per heavy atom. The van der Waals surface area contributed by atoms with Crippen LogP contribution in [0.25, 0.3) is 0 Å². The van der Waals surface area contributed by atoms with Crippen LogP contribution in [0.2, 0.25) is 0 Å². The minimum absolute atomic E-state index is 0.0280. The number of amides is 2. The molecule has 0 spiro atoms. The largest absolute Gasteiger partial charge is 0.481 e. The highest BCUT2D eigenvalue weighted by Gasteiger charge is 2.26. The molecule has 0 aromatic heterocycles. The number of rotatable bonds is 7. The van der Waals surface area contributed by atoms with Gasteiger partial charge in [0.1, 0.15) is 0 Å². The number of carbonyl (C=O) groups excluding carboxylic acids is 2. The Kier molecular flexibility index (Phi) is 7.19. The predicted molar refractivity (Wildman–Crippen MR) is 78.6 cm³/mol. The molecule has 21 heavy (non-hydrogen) atoms. The number of carboxylic acids is 1. The van der Waals surface area contributed by atoms with E-state index in [0.29, 0.717) is 44.6 Å². The number of nitrogens with one attached hydrogen (secondary N) is 2. The van der Waals surface area contributed by atoms with Gasteiger partial charge < -0.3 is 15.7 Å². The lowest BCUT2D eigenvalue weighted by Gasteiger charge is -2.26. The fourth-order valence-electron chi connectivity index (χ4n) is 2.54. The molecule has 0 aromatic rings. The second kappa shape index (κ2) is 8.64. The topological polar surface area (TPSA) is 95.5 Å². The molecule has 1 saturated carbocycles. The van der Waals surface area contributed by atoms with Gasteiger partial charge in [-0.15, -0.1) is 0 Å². The normalized spacial score (nSPS) is 21.9. The van der Waals surface area contributed by atoms with E-state index < -0.39 is 5.97 Å². The minimum Gasteiger partial charge on any atom is -0.481 e. The first kappa shape index (κ1) is 17.5. The van der Waals surface area contributed by atoms with E-state index in [0.717, 1.165) is 0 Å². The third-order valence-corrected chi connectivity index (χ3v) is 3.71. The Bertz CT molecular complexity index is 374. The summed E-state index contributed by atoms with van der Waals surface area (Å²) >= 11 is 0. The van der Waals surface area contributed by atoms with Gasteiger partial charge in [0.15, 0.2) is 0 Å². The smallest absolute Gasteiger partial charge is 0.306 e. The molecular weight excluding hydrogens is 272 g/mol. The van der Waals surface area contributed by atoms with Crippen LogP contribution in [-0.4, -0.2) is 35.5 Å². The van der Waals surface area contributed by atoms with Gasteiger partial charge in [-0.1, -0.05) is 13.8 Å². The van der Waals surface area contributed by atoms with Crippen molar-refractivity contribution < 1.29 is 19.5 Å². The number of carbonyl (C=O) groups is 3. The van der Waals surface area contributed by atoms with E-state index in [2.05, 4.69) is 10.6 Å². The van der Waals surface area contributed by atoms with E-state index in [9.17, 15) is 14.4 Å². The van der Waals surface area contributed by atoms with Crippen molar-refractivity contribution in [2.45, 2.75) is 58.4 Å². The highest BCUT2D eigenvalue weighted by molar-refractivity contribution is 5.79. The summed E-state index contributed by atoms with van der Waals surface area (Å²) in [5.74, 6) is -0.817. The van der Waals surface area contributed by atoms with Crippen LogP contribution in [-0.2, 0) is 14.4 Å². The fourth-order valence-corrected chi connectivity index (χ4v) is 2.54. The maximum absolute atomic E-state index is 11.8. The number of carboxylic acid groups (broad SMARTS) is 1. The molecule has 0 aromatic carbocycles. The highest BCUT2D eigenvalue weighted by Crippen LogP contribution is 2.24. The van der Waals surface area contributed by atoms with E-state index >= 15 is 0 Å². The molecule has 0 heterocycles. The van der Waals surface area contributed by atoms with E-state index in [1.54, 1.807) is 0 Å². The number of hydrogen-bond donors (Lipinski definition) is 3. The quantitative estimate of drug-likeness (QED) is 0.660. The molecule has 0 radical (unpaired) electrons. The van der Waals surface area contributed by atoms with Gasteiger partial charge in [-0.2, -0.15) is 0 Å². The lowest BCUT2D eigenvalue weighted by atomic mass is 9.86. The van der Waals surface area contributed by atoms with Crippen LogP contribution in [0.15, 0.2) is 0 Å². The van der Waals surface area contributed by atoms with E-state index in [-0.39, 0.29) is 30.2 Å². The summed E-state index contributed by atoms with van der Waals surface area (Å²) in [5.41, 5.74) is 0. The SMILES string of the molecule is CC(C)CC(=O)NCCC(=O)NC1CCC(C(=O)O)CC1. The summed E-state index contributed by atoms with van der Waals surface area (Å²) in [4.78, 5) is 34.0. The summed E-state index contributed by atoms with van der Waals surface area (Å²) < 4.78 is 0.